The van der Waals surface area contributed by atoms with Gasteiger partial charge in [0.2, 0.25) is 0 Å². The van der Waals surface area contributed by atoms with Crippen LogP contribution in [0.15, 0.2) is 158 Å². The number of hydrogen-bond acceptors (Lipinski definition) is 0. The van der Waals surface area contributed by atoms with Crippen molar-refractivity contribution in [3.05, 3.63) is 187 Å². The van der Waals surface area contributed by atoms with Gasteiger partial charge in [-0.05, 0) is 60.2 Å². The van der Waals surface area contributed by atoms with E-state index in [9.17, 15) is 0 Å². The molecule has 13 aromatic rings. The standard InChI is InChI=1S/C54H30N4/c1-7-19-41-31(13-1)32-14-2-8-20-42(32)55(41)47-27-25-35-39-29-50-40(30-49(39)57-45-23-11-5-17-37(45)51(47)53(35)57)36-26-28-48(52-38-18-6-12-24-46(38)58(50)54(36)52)56-43-21-9-3-15-33(43)34-16-4-10-22-44(34)56/h1-5,7-11,13-28,30,39H,29H2. The number of allylic oxidation sites excluding steroid dienone is 1. The van der Waals surface area contributed by atoms with Crippen LogP contribution in [0.4, 0.5) is 0 Å². The molecule has 0 N–H and O–H groups in total. The van der Waals surface area contributed by atoms with Gasteiger partial charge in [0.15, 0.2) is 0 Å². The summed E-state index contributed by atoms with van der Waals surface area (Å²) >= 11 is 0. The topological polar surface area (TPSA) is 19.2 Å². The lowest BCUT2D eigenvalue weighted by Gasteiger charge is -2.22. The number of rotatable bonds is 2. The van der Waals surface area contributed by atoms with E-state index in [-0.39, 0.29) is 5.92 Å². The van der Waals surface area contributed by atoms with Crippen LogP contribution in [0.25, 0.3) is 116 Å². The van der Waals surface area contributed by atoms with Crippen molar-refractivity contribution in [2.24, 2.45) is 0 Å². The minimum absolute atomic E-state index is 0.228. The summed E-state index contributed by atoms with van der Waals surface area (Å²) in [4.78, 5) is 0. The van der Waals surface area contributed by atoms with Crippen molar-refractivity contribution in [2.45, 2.75) is 12.3 Å². The molecular weight excluding hydrogens is 705 g/mol. The lowest BCUT2D eigenvalue weighted by molar-refractivity contribution is 0.815. The first-order valence-electron chi connectivity index (χ1n) is 20.2. The van der Waals surface area contributed by atoms with Gasteiger partial charge >= 0.3 is 0 Å². The highest BCUT2D eigenvalue weighted by molar-refractivity contribution is 6.24. The van der Waals surface area contributed by atoms with Gasteiger partial charge in [-0.1, -0.05) is 115 Å². The molecule has 1 aliphatic heterocycles. The van der Waals surface area contributed by atoms with Crippen LogP contribution in [0.5, 0.6) is 0 Å². The van der Waals surface area contributed by atoms with Crippen molar-refractivity contribution < 1.29 is 0 Å². The zero-order valence-corrected chi connectivity index (χ0v) is 31.2. The second kappa shape index (κ2) is 10.2. The van der Waals surface area contributed by atoms with E-state index in [1.165, 1.54) is 127 Å². The summed E-state index contributed by atoms with van der Waals surface area (Å²) in [6.07, 6.45) is 3.44. The molecule has 1 atom stereocenters. The molecular formula is C54H30N4. The molecule has 0 saturated carbocycles. The summed E-state index contributed by atoms with van der Waals surface area (Å²) in [7, 11) is 0. The van der Waals surface area contributed by atoms with Crippen molar-refractivity contribution in [3.8, 4) is 11.4 Å². The quantitative estimate of drug-likeness (QED) is 0.168. The van der Waals surface area contributed by atoms with Crippen molar-refractivity contribution in [3.63, 3.8) is 0 Å². The summed E-state index contributed by atoms with van der Waals surface area (Å²) in [5.74, 6) is 0.228. The van der Waals surface area contributed by atoms with Crippen molar-refractivity contribution in [1.29, 1.82) is 0 Å². The first-order valence-corrected chi connectivity index (χ1v) is 20.2. The molecule has 0 bridgehead atoms. The predicted octanol–water partition coefficient (Wildman–Crippen LogP) is 13.2. The first kappa shape index (κ1) is 29.5. The molecule has 2 aliphatic rings. The Morgan fingerprint density at radius 2 is 0.914 bits per heavy atom. The van der Waals surface area contributed by atoms with Crippen LogP contribution in [-0.4, -0.2) is 18.1 Å². The smallest absolute Gasteiger partial charge is 0.0638 e. The van der Waals surface area contributed by atoms with Gasteiger partial charge in [0.05, 0.1) is 55.5 Å². The summed E-state index contributed by atoms with van der Waals surface area (Å²) < 4.78 is 10.1. The number of benzene rings is 7. The van der Waals surface area contributed by atoms with Gasteiger partial charge in [-0.3, -0.25) is 0 Å². The maximum atomic E-state index is 3.34. The molecule has 0 amide bonds. The van der Waals surface area contributed by atoms with Crippen LogP contribution in [0.3, 0.4) is 0 Å². The second-order valence-corrected chi connectivity index (χ2v) is 16.2. The normalized spacial score (nSPS) is 15.0. The maximum absolute atomic E-state index is 3.34. The van der Waals surface area contributed by atoms with Crippen LogP contribution < -0.4 is 0 Å². The third-order valence-corrected chi connectivity index (χ3v) is 13.7. The highest BCUT2D eigenvalue weighted by Crippen LogP contribution is 2.55. The Labute approximate surface area is 331 Å². The minimum atomic E-state index is 0.228. The lowest BCUT2D eigenvalue weighted by atomic mass is 9.85. The van der Waals surface area contributed by atoms with E-state index in [0.29, 0.717) is 0 Å². The third-order valence-electron chi connectivity index (χ3n) is 13.7. The van der Waals surface area contributed by atoms with E-state index >= 15 is 0 Å². The Morgan fingerprint density at radius 1 is 0.414 bits per heavy atom. The first-order chi connectivity index (χ1) is 28.8. The van der Waals surface area contributed by atoms with Crippen LogP contribution in [0, 0.1) is 12.1 Å². The number of aromatic nitrogens is 4. The number of nitrogens with zero attached hydrogens (tertiary/aromatic N) is 4. The highest BCUT2D eigenvalue weighted by atomic mass is 15.1. The van der Waals surface area contributed by atoms with E-state index in [4.69, 9.17) is 0 Å². The molecule has 266 valence electrons. The van der Waals surface area contributed by atoms with Gasteiger partial charge in [0, 0.05) is 83.8 Å². The van der Waals surface area contributed by atoms with Gasteiger partial charge in [0.25, 0.3) is 0 Å². The molecule has 0 fully saturated rings. The zero-order valence-electron chi connectivity index (χ0n) is 31.2. The largest absolute Gasteiger partial charge is 0.312 e. The van der Waals surface area contributed by atoms with E-state index in [0.717, 1.165) is 6.42 Å². The maximum Gasteiger partial charge on any atom is 0.0638 e. The summed E-state index contributed by atoms with van der Waals surface area (Å²) in [6, 6.07) is 64.9. The Balaban J connectivity index is 1.02. The average Bonchev–Trinajstić information content (AvgIpc) is 4.11. The van der Waals surface area contributed by atoms with E-state index in [1.54, 1.807) is 0 Å². The Kier molecular flexibility index (Phi) is 5.17. The molecule has 15 rings (SSSR count). The van der Waals surface area contributed by atoms with Gasteiger partial charge in [-0.15, -0.1) is 0 Å². The number of fused-ring (bicyclic) bond motifs is 18. The Morgan fingerprint density at radius 3 is 1.52 bits per heavy atom. The van der Waals surface area contributed by atoms with Gasteiger partial charge < -0.3 is 18.1 Å². The van der Waals surface area contributed by atoms with Crippen LogP contribution >= 0.6 is 0 Å². The molecule has 4 heteroatoms. The molecule has 5 aromatic heterocycles. The molecule has 8 aromatic carbocycles. The fraction of sp³-hybridized carbons (Fsp3) is 0.0370. The van der Waals surface area contributed by atoms with Crippen LogP contribution in [0.2, 0.25) is 0 Å². The second-order valence-electron chi connectivity index (χ2n) is 16.2. The summed E-state index contributed by atoms with van der Waals surface area (Å²) in [5.41, 5.74) is 17.9. The monoisotopic (exact) mass is 734 g/mol. The fourth-order valence-corrected chi connectivity index (χ4v) is 11.5. The zero-order chi connectivity index (χ0) is 37.4. The van der Waals surface area contributed by atoms with E-state index in [1.807, 2.05) is 0 Å². The Bertz CT molecular complexity index is 3900. The molecule has 0 radical (unpaired) electrons. The summed E-state index contributed by atoms with van der Waals surface area (Å²) in [5, 5.41) is 11.5. The van der Waals surface area contributed by atoms with Crippen molar-refractivity contribution >= 4 is 104 Å². The number of hydrogen-bond donors (Lipinski definition) is 0. The van der Waals surface area contributed by atoms with E-state index < -0.39 is 0 Å². The number of para-hydroxylation sites is 5. The predicted molar refractivity (Wildman–Crippen MR) is 240 cm³/mol. The molecule has 58 heavy (non-hydrogen) atoms. The van der Waals surface area contributed by atoms with Crippen LogP contribution in [0.1, 0.15) is 22.7 Å². The van der Waals surface area contributed by atoms with E-state index in [2.05, 4.69) is 194 Å². The highest BCUT2D eigenvalue weighted by Gasteiger charge is 2.38. The van der Waals surface area contributed by atoms with Crippen LogP contribution in [-0.2, 0) is 6.42 Å². The van der Waals surface area contributed by atoms with Gasteiger partial charge in [-0.2, -0.15) is 0 Å². The molecule has 6 heterocycles. The fourth-order valence-electron chi connectivity index (χ4n) is 11.5. The Hall–Kier alpha value is -7.74. The molecule has 0 saturated heterocycles. The SMILES string of the molecule is c1cc2c3c(-n4c5ccccc5c5ccccc54)ccc4c5c(n(c2cc#1)c43)CC1C(=C5)n2c3ccccc3c3c(-n4c5ccccc5c5ccccc54)ccc1c32. The van der Waals surface area contributed by atoms with Crippen molar-refractivity contribution in [2.75, 3.05) is 0 Å². The third kappa shape index (κ3) is 3.32. The molecule has 4 nitrogen and oxygen atoms in total. The van der Waals surface area contributed by atoms with Gasteiger partial charge in [-0.25, -0.2) is 0 Å². The molecule has 1 aliphatic carbocycles. The van der Waals surface area contributed by atoms with Crippen molar-refractivity contribution in [1.82, 2.24) is 18.1 Å². The average molecular weight is 735 g/mol. The minimum Gasteiger partial charge on any atom is -0.312 e. The van der Waals surface area contributed by atoms with Gasteiger partial charge in [0.1, 0.15) is 0 Å². The molecule has 1 unspecified atom stereocenters. The lowest BCUT2D eigenvalue weighted by Crippen LogP contribution is -2.10. The molecule has 0 spiro atoms. The summed E-state index contributed by atoms with van der Waals surface area (Å²) in [6.45, 7) is 0.